The van der Waals surface area contributed by atoms with Gasteiger partial charge in [-0.2, -0.15) is 0 Å². The summed E-state index contributed by atoms with van der Waals surface area (Å²) in [6.07, 6.45) is 3.70. The third-order valence-electron chi connectivity index (χ3n) is 6.32. The van der Waals surface area contributed by atoms with Crippen molar-refractivity contribution in [3.05, 3.63) is 78.0 Å². The molecule has 6 nitrogen and oxygen atoms in total. The van der Waals surface area contributed by atoms with Crippen molar-refractivity contribution < 1.29 is 14.3 Å². The molecule has 3 aromatic rings. The Kier molecular flexibility index (Phi) is 5.06. The van der Waals surface area contributed by atoms with Gasteiger partial charge in [0.05, 0.1) is 12.1 Å². The van der Waals surface area contributed by atoms with Crippen LogP contribution in [0.4, 0.5) is 4.79 Å². The Bertz CT molecular complexity index is 1110. The van der Waals surface area contributed by atoms with Gasteiger partial charge in [0.15, 0.2) is 0 Å². The number of benzene rings is 2. The number of aromatic nitrogens is 1. The molecule has 2 aliphatic rings. The fourth-order valence-electron chi connectivity index (χ4n) is 4.71. The predicted molar refractivity (Wildman–Crippen MR) is 118 cm³/mol. The van der Waals surface area contributed by atoms with Crippen molar-refractivity contribution in [2.45, 2.75) is 31.4 Å². The predicted octanol–water partition coefficient (Wildman–Crippen LogP) is 4.25. The molecule has 0 unspecified atom stereocenters. The maximum absolute atomic E-state index is 13.3. The van der Waals surface area contributed by atoms with E-state index in [0.29, 0.717) is 38.2 Å². The van der Waals surface area contributed by atoms with Crippen LogP contribution >= 0.6 is 0 Å². The summed E-state index contributed by atoms with van der Waals surface area (Å²) in [6, 6.07) is 19.4. The molecule has 1 spiro atoms. The summed E-state index contributed by atoms with van der Waals surface area (Å²) in [5.74, 6) is 0.0149. The van der Waals surface area contributed by atoms with Crippen molar-refractivity contribution in [1.82, 2.24) is 14.8 Å². The van der Waals surface area contributed by atoms with Crippen LogP contribution in [0.2, 0.25) is 0 Å². The number of ether oxygens (including phenoxy) is 1. The van der Waals surface area contributed by atoms with E-state index in [0.717, 1.165) is 29.3 Å². The summed E-state index contributed by atoms with van der Waals surface area (Å²) in [4.78, 5) is 33.9. The third-order valence-corrected chi connectivity index (χ3v) is 6.32. The van der Waals surface area contributed by atoms with Gasteiger partial charge in [0.25, 0.3) is 5.91 Å². The van der Waals surface area contributed by atoms with E-state index in [-0.39, 0.29) is 12.0 Å². The Morgan fingerprint density at radius 3 is 2.74 bits per heavy atom. The molecule has 1 atom stereocenters. The number of nitrogens with zero attached hydrogens (tertiary/aromatic N) is 3. The second-order valence-corrected chi connectivity index (χ2v) is 8.41. The number of carbonyl (C=O) groups is 2. The molecule has 158 valence electrons. The molecule has 0 saturated carbocycles. The number of likely N-dealkylation sites (tertiary alicyclic amines) is 1. The summed E-state index contributed by atoms with van der Waals surface area (Å²) >= 11 is 0. The Morgan fingerprint density at radius 1 is 1.00 bits per heavy atom. The van der Waals surface area contributed by atoms with Gasteiger partial charge < -0.3 is 9.64 Å². The minimum Gasteiger partial charge on any atom is -0.441 e. The molecule has 2 saturated heterocycles. The minimum atomic E-state index is -0.513. The number of hydrogen-bond donors (Lipinski definition) is 0. The first-order valence-corrected chi connectivity index (χ1v) is 10.8. The van der Waals surface area contributed by atoms with Crippen LogP contribution in [0.3, 0.4) is 0 Å². The highest BCUT2D eigenvalue weighted by molar-refractivity contribution is 6.06. The first-order chi connectivity index (χ1) is 15.1. The van der Waals surface area contributed by atoms with Crippen molar-refractivity contribution in [3.8, 4) is 0 Å². The van der Waals surface area contributed by atoms with Gasteiger partial charge in [0.2, 0.25) is 0 Å². The van der Waals surface area contributed by atoms with Crippen molar-refractivity contribution in [2.75, 3.05) is 19.6 Å². The smallest absolute Gasteiger partial charge is 0.410 e. The van der Waals surface area contributed by atoms with Crippen LogP contribution in [0, 0.1) is 0 Å². The molecule has 3 heterocycles. The lowest BCUT2D eigenvalue weighted by Gasteiger charge is -2.26. The molecule has 0 radical (unpaired) electrons. The highest BCUT2D eigenvalue weighted by atomic mass is 16.6. The quantitative estimate of drug-likeness (QED) is 0.642. The molecule has 2 aliphatic heterocycles. The largest absolute Gasteiger partial charge is 0.441 e. The molecular weight excluding hydrogens is 390 g/mol. The summed E-state index contributed by atoms with van der Waals surface area (Å²) in [5.41, 5.74) is 2.07. The molecule has 0 aliphatic carbocycles. The van der Waals surface area contributed by atoms with Gasteiger partial charge in [-0.3, -0.25) is 14.7 Å². The van der Waals surface area contributed by atoms with Gasteiger partial charge in [-0.25, -0.2) is 4.79 Å². The van der Waals surface area contributed by atoms with E-state index in [4.69, 9.17) is 4.74 Å². The number of carbonyl (C=O) groups excluding carboxylic acids is 2. The van der Waals surface area contributed by atoms with Gasteiger partial charge in [0, 0.05) is 43.2 Å². The molecule has 0 bridgehead atoms. The van der Waals surface area contributed by atoms with E-state index in [1.165, 1.54) is 0 Å². The standard InChI is InChI=1S/C25H25N3O3/c29-23(21-9-4-11-22-20(21)10-5-14-26-22)27-15-6-12-25(13-16-27)18-28(24(30)31-25)17-19-7-2-1-3-8-19/h1-5,7-11,14H,6,12-13,15-18H2/t25-/m0/s1. The Labute approximate surface area is 181 Å². The molecule has 0 N–H and O–H groups in total. The van der Waals surface area contributed by atoms with E-state index in [9.17, 15) is 9.59 Å². The van der Waals surface area contributed by atoms with Crippen molar-refractivity contribution in [1.29, 1.82) is 0 Å². The number of amides is 2. The molecule has 2 aromatic carbocycles. The number of rotatable bonds is 3. The fraction of sp³-hybridized carbons (Fsp3) is 0.320. The lowest BCUT2D eigenvalue weighted by molar-refractivity contribution is 0.0439. The molecule has 2 amide bonds. The Balaban J connectivity index is 1.30. The maximum atomic E-state index is 13.3. The summed E-state index contributed by atoms with van der Waals surface area (Å²) < 4.78 is 5.90. The average Bonchev–Trinajstić information content (AvgIpc) is 2.96. The van der Waals surface area contributed by atoms with Crippen molar-refractivity contribution in [3.63, 3.8) is 0 Å². The van der Waals surface area contributed by atoms with Crippen LogP contribution in [0.25, 0.3) is 10.9 Å². The van der Waals surface area contributed by atoms with E-state index in [2.05, 4.69) is 4.98 Å². The van der Waals surface area contributed by atoms with Gasteiger partial charge in [0.1, 0.15) is 5.60 Å². The molecule has 31 heavy (non-hydrogen) atoms. The number of pyridine rings is 1. The number of fused-ring (bicyclic) bond motifs is 1. The first-order valence-electron chi connectivity index (χ1n) is 10.8. The first kappa shape index (κ1) is 19.5. The Morgan fingerprint density at radius 2 is 1.87 bits per heavy atom. The average molecular weight is 415 g/mol. The lowest BCUT2D eigenvalue weighted by Crippen LogP contribution is -2.37. The highest BCUT2D eigenvalue weighted by Gasteiger charge is 2.46. The van der Waals surface area contributed by atoms with E-state index < -0.39 is 5.60 Å². The zero-order chi connectivity index (χ0) is 21.3. The zero-order valence-corrected chi connectivity index (χ0v) is 17.4. The van der Waals surface area contributed by atoms with Crippen LogP contribution in [-0.2, 0) is 11.3 Å². The van der Waals surface area contributed by atoms with Crippen LogP contribution < -0.4 is 0 Å². The van der Waals surface area contributed by atoms with E-state index in [1.807, 2.05) is 65.6 Å². The third kappa shape index (κ3) is 3.85. The molecule has 6 heteroatoms. The monoisotopic (exact) mass is 415 g/mol. The SMILES string of the molecule is O=C1O[C@]2(CCCN(C(=O)c3cccc4ncccc34)CC2)CN1Cc1ccccc1. The zero-order valence-electron chi connectivity index (χ0n) is 17.4. The normalized spacial score (nSPS) is 21.4. The van der Waals surface area contributed by atoms with Crippen LogP contribution in [-0.4, -0.2) is 52.0 Å². The maximum Gasteiger partial charge on any atom is 0.410 e. The van der Waals surface area contributed by atoms with E-state index in [1.54, 1.807) is 11.1 Å². The molecule has 1 aromatic heterocycles. The Hall–Kier alpha value is -3.41. The fourth-order valence-corrected chi connectivity index (χ4v) is 4.71. The van der Waals surface area contributed by atoms with Crippen LogP contribution in [0.15, 0.2) is 66.9 Å². The summed E-state index contributed by atoms with van der Waals surface area (Å²) in [6.45, 7) is 2.35. The van der Waals surface area contributed by atoms with Crippen LogP contribution in [0.5, 0.6) is 0 Å². The van der Waals surface area contributed by atoms with Gasteiger partial charge in [-0.05, 0) is 36.6 Å². The van der Waals surface area contributed by atoms with E-state index >= 15 is 0 Å². The highest BCUT2D eigenvalue weighted by Crippen LogP contribution is 2.34. The van der Waals surface area contributed by atoms with Gasteiger partial charge >= 0.3 is 6.09 Å². The number of hydrogen-bond acceptors (Lipinski definition) is 4. The van der Waals surface area contributed by atoms with Crippen LogP contribution in [0.1, 0.15) is 35.2 Å². The topological polar surface area (TPSA) is 62.7 Å². The van der Waals surface area contributed by atoms with Gasteiger partial charge in [-0.1, -0.05) is 42.5 Å². The molecular formula is C25H25N3O3. The second-order valence-electron chi connectivity index (χ2n) is 8.41. The lowest BCUT2D eigenvalue weighted by atomic mass is 9.95. The molecule has 2 fully saturated rings. The molecule has 5 rings (SSSR count). The van der Waals surface area contributed by atoms with Crippen molar-refractivity contribution >= 4 is 22.9 Å². The summed E-state index contributed by atoms with van der Waals surface area (Å²) in [7, 11) is 0. The van der Waals surface area contributed by atoms with Crippen molar-refractivity contribution in [2.24, 2.45) is 0 Å². The summed E-state index contributed by atoms with van der Waals surface area (Å²) in [5, 5.41) is 0.871. The second kappa shape index (κ2) is 8.02. The minimum absolute atomic E-state index is 0.0149. The van der Waals surface area contributed by atoms with Gasteiger partial charge in [-0.15, -0.1) is 0 Å².